The zero-order valence-electron chi connectivity index (χ0n) is 12.9. The predicted molar refractivity (Wildman–Crippen MR) is 90.1 cm³/mol. The lowest BCUT2D eigenvalue weighted by molar-refractivity contribution is -0.117. The number of pyridine rings is 1. The van der Waals surface area contributed by atoms with Crippen LogP contribution in [0.25, 0.3) is 10.9 Å². The third-order valence-corrected chi connectivity index (χ3v) is 5.86. The first-order chi connectivity index (χ1) is 10.9. The van der Waals surface area contributed by atoms with Crippen LogP contribution in [0.15, 0.2) is 36.5 Å². The Morgan fingerprint density at radius 2 is 2.22 bits per heavy atom. The molecule has 1 atom stereocenters. The molecule has 122 valence electrons. The van der Waals surface area contributed by atoms with Gasteiger partial charge < -0.3 is 5.32 Å². The van der Waals surface area contributed by atoms with E-state index in [9.17, 15) is 13.2 Å². The van der Waals surface area contributed by atoms with Gasteiger partial charge in [-0.1, -0.05) is 6.07 Å². The number of benzene rings is 1. The molecule has 2 heterocycles. The van der Waals surface area contributed by atoms with Crippen LogP contribution in [-0.4, -0.2) is 55.3 Å². The summed E-state index contributed by atoms with van der Waals surface area (Å²) in [5.41, 5.74) is 1.58. The summed E-state index contributed by atoms with van der Waals surface area (Å²) in [6, 6.07) is 9.26. The van der Waals surface area contributed by atoms with Gasteiger partial charge in [-0.05, 0) is 37.7 Å². The Balaban J connectivity index is 1.62. The van der Waals surface area contributed by atoms with Crippen LogP contribution in [0, 0.1) is 0 Å². The molecule has 0 saturated carbocycles. The molecule has 3 rings (SSSR count). The van der Waals surface area contributed by atoms with Crippen molar-refractivity contribution >= 4 is 32.3 Å². The Morgan fingerprint density at radius 3 is 2.96 bits per heavy atom. The Bertz CT molecular complexity index is 835. The first kappa shape index (κ1) is 15.9. The summed E-state index contributed by atoms with van der Waals surface area (Å²) in [5, 5.41) is 3.81. The van der Waals surface area contributed by atoms with Gasteiger partial charge in [0.25, 0.3) is 0 Å². The molecule has 0 bridgehead atoms. The van der Waals surface area contributed by atoms with Crippen LogP contribution in [0.5, 0.6) is 0 Å². The molecule has 1 fully saturated rings. The molecule has 1 aliphatic rings. The highest BCUT2D eigenvalue weighted by atomic mass is 32.2. The summed E-state index contributed by atoms with van der Waals surface area (Å²) in [7, 11) is -1.15. The van der Waals surface area contributed by atoms with Crippen LogP contribution in [-0.2, 0) is 14.6 Å². The van der Waals surface area contributed by atoms with Crippen LogP contribution in [0.4, 0.5) is 5.69 Å². The number of hydrogen-bond donors (Lipinski definition) is 1. The Morgan fingerprint density at radius 1 is 1.39 bits per heavy atom. The van der Waals surface area contributed by atoms with E-state index < -0.39 is 9.84 Å². The number of likely N-dealkylation sites (N-methyl/N-ethyl adjacent to an activating group) is 1. The second-order valence-electron chi connectivity index (χ2n) is 5.93. The molecule has 2 aromatic rings. The summed E-state index contributed by atoms with van der Waals surface area (Å²) < 4.78 is 23.0. The molecular weight excluding hydrogens is 314 g/mol. The molecule has 0 aliphatic carbocycles. The smallest absolute Gasteiger partial charge is 0.238 e. The number of nitrogens with zero attached hydrogens (tertiary/aromatic N) is 2. The average molecular weight is 333 g/mol. The molecular formula is C16H19N3O3S. The molecule has 7 heteroatoms. The number of carbonyl (C=O) groups excluding carboxylic acids is 1. The van der Waals surface area contributed by atoms with E-state index in [4.69, 9.17) is 0 Å². The van der Waals surface area contributed by atoms with Crippen LogP contribution in [0.2, 0.25) is 0 Å². The average Bonchev–Trinajstić information content (AvgIpc) is 2.87. The van der Waals surface area contributed by atoms with Crippen molar-refractivity contribution in [3.8, 4) is 0 Å². The van der Waals surface area contributed by atoms with Crippen molar-refractivity contribution in [2.75, 3.05) is 30.4 Å². The van der Waals surface area contributed by atoms with E-state index in [0.717, 1.165) is 10.9 Å². The first-order valence-corrected chi connectivity index (χ1v) is 9.30. The highest BCUT2D eigenvalue weighted by molar-refractivity contribution is 7.91. The lowest BCUT2D eigenvalue weighted by atomic mass is 10.2. The van der Waals surface area contributed by atoms with Gasteiger partial charge in [0.15, 0.2) is 9.84 Å². The maximum atomic E-state index is 12.2. The van der Waals surface area contributed by atoms with Crippen molar-refractivity contribution in [1.29, 1.82) is 0 Å². The van der Waals surface area contributed by atoms with Gasteiger partial charge in [-0.2, -0.15) is 0 Å². The topological polar surface area (TPSA) is 79.4 Å². The number of aromatic nitrogens is 1. The molecule has 0 unspecified atom stereocenters. The zero-order valence-corrected chi connectivity index (χ0v) is 13.7. The summed E-state index contributed by atoms with van der Waals surface area (Å²) >= 11 is 0. The number of fused-ring (bicyclic) bond motifs is 1. The lowest BCUT2D eigenvalue weighted by Crippen LogP contribution is -2.38. The maximum absolute atomic E-state index is 12.2. The number of amides is 1. The number of hydrogen-bond acceptors (Lipinski definition) is 5. The molecule has 6 nitrogen and oxygen atoms in total. The van der Waals surface area contributed by atoms with Gasteiger partial charge in [-0.25, -0.2) is 8.42 Å². The normalized spacial score (nSPS) is 20.0. The van der Waals surface area contributed by atoms with Crippen LogP contribution in [0.3, 0.4) is 0 Å². The molecule has 1 aliphatic heterocycles. The summed E-state index contributed by atoms with van der Waals surface area (Å²) in [4.78, 5) is 18.2. The van der Waals surface area contributed by atoms with E-state index in [2.05, 4.69) is 10.3 Å². The minimum atomic E-state index is -2.94. The molecule has 0 radical (unpaired) electrons. The lowest BCUT2D eigenvalue weighted by Gasteiger charge is -2.22. The molecule has 1 N–H and O–H groups in total. The second-order valence-corrected chi connectivity index (χ2v) is 8.16. The highest BCUT2D eigenvalue weighted by Gasteiger charge is 2.31. The third kappa shape index (κ3) is 3.86. The van der Waals surface area contributed by atoms with E-state index >= 15 is 0 Å². The van der Waals surface area contributed by atoms with E-state index in [1.165, 1.54) is 0 Å². The van der Waals surface area contributed by atoms with E-state index in [1.54, 1.807) is 13.2 Å². The SMILES string of the molecule is CN(CC(=O)Nc1ccc2ncccc2c1)[C@H]1CCS(=O)(=O)C1. The van der Waals surface area contributed by atoms with Gasteiger partial charge in [0.2, 0.25) is 5.91 Å². The van der Waals surface area contributed by atoms with Crippen LogP contribution >= 0.6 is 0 Å². The Hall–Kier alpha value is -1.99. The van der Waals surface area contributed by atoms with Crippen molar-refractivity contribution in [2.24, 2.45) is 0 Å². The number of nitrogens with one attached hydrogen (secondary N) is 1. The van der Waals surface area contributed by atoms with Gasteiger partial charge >= 0.3 is 0 Å². The first-order valence-electron chi connectivity index (χ1n) is 7.48. The fraction of sp³-hybridized carbons (Fsp3) is 0.375. The summed E-state index contributed by atoms with van der Waals surface area (Å²) in [6.45, 7) is 0.172. The standard InChI is InChI=1S/C16H19N3O3S/c1-19(14-6-8-23(21,22)11-14)10-16(20)18-13-4-5-15-12(9-13)3-2-7-17-15/h2-5,7,9,14H,6,8,10-11H2,1H3,(H,18,20)/t14-/m0/s1. The predicted octanol–water partition coefficient (Wildman–Crippen LogP) is 1.29. The van der Waals surface area contributed by atoms with Crippen molar-refractivity contribution in [3.63, 3.8) is 0 Å². The molecule has 1 aromatic carbocycles. The maximum Gasteiger partial charge on any atom is 0.238 e. The number of carbonyl (C=O) groups is 1. The fourth-order valence-corrected chi connectivity index (χ4v) is 4.64. The molecule has 23 heavy (non-hydrogen) atoms. The van der Waals surface area contributed by atoms with Gasteiger partial charge in [0, 0.05) is 23.3 Å². The number of sulfone groups is 1. The third-order valence-electron chi connectivity index (χ3n) is 4.11. The van der Waals surface area contributed by atoms with Crippen molar-refractivity contribution < 1.29 is 13.2 Å². The van der Waals surface area contributed by atoms with Gasteiger partial charge in [-0.15, -0.1) is 0 Å². The van der Waals surface area contributed by atoms with E-state index in [1.807, 2.05) is 35.2 Å². The molecule has 1 amide bonds. The largest absolute Gasteiger partial charge is 0.325 e. The minimum Gasteiger partial charge on any atom is -0.325 e. The number of anilines is 1. The van der Waals surface area contributed by atoms with Crippen molar-refractivity contribution in [3.05, 3.63) is 36.5 Å². The van der Waals surface area contributed by atoms with Crippen LogP contribution in [0.1, 0.15) is 6.42 Å². The number of rotatable bonds is 4. The quantitative estimate of drug-likeness (QED) is 0.912. The van der Waals surface area contributed by atoms with Gasteiger partial charge in [0.05, 0.1) is 23.6 Å². The Kier molecular flexibility index (Phi) is 4.32. The van der Waals surface area contributed by atoms with Crippen molar-refractivity contribution in [2.45, 2.75) is 12.5 Å². The minimum absolute atomic E-state index is 0.0773. The molecule has 1 aromatic heterocycles. The van der Waals surface area contributed by atoms with Crippen molar-refractivity contribution in [1.82, 2.24) is 9.88 Å². The highest BCUT2D eigenvalue weighted by Crippen LogP contribution is 2.18. The second kappa shape index (κ2) is 6.25. The summed E-state index contributed by atoms with van der Waals surface area (Å²) in [6.07, 6.45) is 2.32. The van der Waals surface area contributed by atoms with Crippen LogP contribution < -0.4 is 5.32 Å². The molecule has 0 spiro atoms. The van der Waals surface area contributed by atoms with E-state index in [0.29, 0.717) is 12.1 Å². The Labute approximate surface area is 135 Å². The van der Waals surface area contributed by atoms with E-state index in [-0.39, 0.29) is 30.0 Å². The van der Waals surface area contributed by atoms with Gasteiger partial charge in [-0.3, -0.25) is 14.7 Å². The summed E-state index contributed by atoms with van der Waals surface area (Å²) in [5.74, 6) is 0.194. The zero-order chi connectivity index (χ0) is 16.4. The monoisotopic (exact) mass is 333 g/mol. The fourth-order valence-electron chi connectivity index (χ4n) is 2.83. The molecule has 1 saturated heterocycles. The van der Waals surface area contributed by atoms with Gasteiger partial charge in [0.1, 0.15) is 0 Å².